The smallest absolute Gasteiger partial charge is 0.132 e. The monoisotopic (exact) mass is 144 g/mol. The minimum atomic E-state index is 0.586. The van der Waals surface area contributed by atoms with Crippen molar-refractivity contribution >= 4 is 0 Å². The molecule has 0 aliphatic heterocycles. The number of terminal acetylenes is 1. The molecule has 2 heteroatoms. The van der Waals surface area contributed by atoms with Crippen LogP contribution in [0, 0.1) is 12.3 Å². The number of hydrogen-bond donors (Lipinski definition) is 0. The van der Waals surface area contributed by atoms with Crippen molar-refractivity contribution in [3.8, 4) is 12.3 Å². The molecule has 0 unspecified atom stereocenters. The van der Waals surface area contributed by atoms with Crippen LogP contribution in [0.25, 0.3) is 0 Å². The molecule has 1 aromatic heterocycles. The van der Waals surface area contributed by atoms with Crippen molar-refractivity contribution in [2.45, 2.75) is 18.8 Å². The van der Waals surface area contributed by atoms with Crippen LogP contribution in [-0.2, 0) is 0 Å². The second-order valence-electron chi connectivity index (χ2n) is 2.72. The molecule has 1 saturated carbocycles. The molecule has 2 nitrogen and oxygen atoms in total. The lowest BCUT2D eigenvalue weighted by atomic mass is 10.3. The Labute approximate surface area is 65.7 Å². The van der Waals surface area contributed by atoms with Crippen LogP contribution >= 0.6 is 0 Å². The first kappa shape index (κ1) is 6.36. The van der Waals surface area contributed by atoms with E-state index in [1.165, 1.54) is 12.8 Å². The van der Waals surface area contributed by atoms with E-state index in [1.807, 2.05) is 0 Å². The molecule has 54 valence electrons. The number of hydrogen-bond acceptors (Lipinski definition) is 2. The molecule has 0 N–H and O–H groups in total. The first-order valence-electron chi connectivity index (χ1n) is 3.69. The maximum atomic E-state index is 5.20. The molecule has 0 saturated heterocycles. The van der Waals surface area contributed by atoms with Gasteiger partial charge >= 0.3 is 0 Å². The number of aromatic nitrogens is 2. The van der Waals surface area contributed by atoms with Crippen LogP contribution in [0.4, 0.5) is 0 Å². The molecule has 1 aliphatic carbocycles. The Morgan fingerprint density at radius 3 is 3.00 bits per heavy atom. The van der Waals surface area contributed by atoms with Crippen molar-refractivity contribution < 1.29 is 0 Å². The van der Waals surface area contributed by atoms with E-state index in [0.29, 0.717) is 11.6 Å². The van der Waals surface area contributed by atoms with Gasteiger partial charge in [0.2, 0.25) is 0 Å². The summed E-state index contributed by atoms with van der Waals surface area (Å²) in [6.45, 7) is 0. The average molecular weight is 144 g/mol. The van der Waals surface area contributed by atoms with Crippen LogP contribution < -0.4 is 0 Å². The van der Waals surface area contributed by atoms with E-state index >= 15 is 0 Å². The van der Waals surface area contributed by atoms with Crippen molar-refractivity contribution in [1.82, 2.24) is 9.97 Å². The van der Waals surface area contributed by atoms with Gasteiger partial charge in [0, 0.05) is 12.1 Å². The SMILES string of the molecule is C#Cc1ccnc(C2CC2)n1. The largest absolute Gasteiger partial charge is 0.241 e. The normalized spacial score (nSPS) is 15.9. The van der Waals surface area contributed by atoms with Gasteiger partial charge in [0.15, 0.2) is 0 Å². The summed E-state index contributed by atoms with van der Waals surface area (Å²) in [5.41, 5.74) is 0.696. The molecule has 1 heterocycles. The summed E-state index contributed by atoms with van der Waals surface area (Å²) < 4.78 is 0. The Hall–Kier alpha value is -1.36. The maximum Gasteiger partial charge on any atom is 0.132 e. The molecule has 0 spiro atoms. The second kappa shape index (κ2) is 2.35. The Balaban J connectivity index is 2.35. The molecule has 11 heavy (non-hydrogen) atoms. The summed E-state index contributed by atoms with van der Waals surface area (Å²) in [4.78, 5) is 8.35. The van der Waals surface area contributed by atoms with Crippen LogP contribution in [0.15, 0.2) is 12.3 Å². The highest BCUT2D eigenvalue weighted by atomic mass is 14.9. The van der Waals surface area contributed by atoms with E-state index in [0.717, 1.165) is 5.82 Å². The standard InChI is InChI=1S/C9H8N2/c1-2-8-5-6-10-9(11-8)7-3-4-7/h1,5-7H,3-4H2. The van der Waals surface area contributed by atoms with Crippen LogP contribution in [0.3, 0.4) is 0 Å². The van der Waals surface area contributed by atoms with E-state index in [9.17, 15) is 0 Å². The van der Waals surface area contributed by atoms with Crippen LogP contribution in [0.1, 0.15) is 30.3 Å². The van der Waals surface area contributed by atoms with E-state index in [4.69, 9.17) is 6.42 Å². The molecule has 0 radical (unpaired) electrons. The predicted molar refractivity (Wildman–Crippen MR) is 41.9 cm³/mol. The van der Waals surface area contributed by atoms with E-state index in [1.54, 1.807) is 12.3 Å². The predicted octanol–water partition coefficient (Wildman–Crippen LogP) is 1.34. The summed E-state index contributed by atoms with van der Waals surface area (Å²) >= 11 is 0. The van der Waals surface area contributed by atoms with Gasteiger partial charge in [0.1, 0.15) is 11.5 Å². The average Bonchev–Trinajstić information content (AvgIpc) is 2.87. The lowest BCUT2D eigenvalue weighted by Gasteiger charge is -1.94. The van der Waals surface area contributed by atoms with Crippen LogP contribution in [-0.4, -0.2) is 9.97 Å². The fraction of sp³-hybridized carbons (Fsp3) is 0.333. The topological polar surface area (TPSA) is 25.8 Å². The maximum absolute atomic E-state index is 5.20. The minimum Gasteiger partial charge on any atom is -0.241 e. The summed E-state index contributed by atoms with van der Waals surface area (Å²) in [6, 6.07) is 1.76. The summed E-state index contributed by atoms with van der Waals surface area (Å²) in [5, 5.41) is 0. The van der Waals surface area contributed by atoms with Gasteiger partial charge in [-0.3, -0.25) is 0 Å². The highest BCUT2D eigenvalue weighted by Gasteiger charge is 2.26. The number of rotatable bonds is 1. The van der Waals surface area contributed by atoms with Gasteiger partial charge in [0.25, 0.3) is 0 Å². The quantitative estimate of drug-likeness (QED) is 0.556. The van der Waals surface area contributed by atoms with Gasteiger partial charge in [-0.05, 0) is 18.9 Å². The molecule has 0 amide bonds. The van der Waals surface area contributed by atoms with Gasteiger partial charge in [-0.25, -0.2) is 9.97 Å². The molecule has 1 fully saturated rings. The van der Waals surface area contributed by atoms with Crippen molar-refractivity contribution in [2.75, 3.05) is 0 Å². The lowest BCUT2D eigenvalue weighted by Crippen LogP contribution is -1.93. The lowest BCUT2D eigenvalue weighted by molar-refractivity contribution is 0.920. The summed E-state index contributed by atoms with van der Waals surface area (Å²) in [6.07, 6.45) is 9.36. The zero-order valence-electron chi connectivity index (χ0n) is 6.12. The summed E-state index contributed by atoms with van der Waals surface area (Å²) in [5.74, 6) is 4.00. The third kappa shape index (κ3) is 1.22. The van der Waals surface area contributed by atoms with Crippen LogP contribution in [0.2, 0.25) is 0 Å². The molecular weight excluding hydrogens is 136 g/mol. The van der Waals surface area contributed by atoms with Crippen molar-refractivity contribution in [3.63, 3.8) is 0 Å². The Morgan fingerprint density at radius 2 is 2.36 bits per heavy atom. The zero-order chi connectivity index (χ0) is 7.68. The Kier molecular flexibility index (Phi) is 1.36. The molecule has 2 rings (SSSR count). The van der Waals surface area contributed by atoms with E-state index in [2.05, 4.69) is 15.9 Å². The van der Waals surface area contributed by atoms with Gasteiger partial charge in [0.05, 0.1) is 0 Å². The zero-order valence-corrected chi connectivity index (χ0v) is 6.12. The van der Waals surface area contributed by atoms with Crippen LogP contribution in [0.5, 0.6) is 0 Å². The van der Waals surface area contributed by atoms with Gasteiger partial charge in [-0.15, -0.1) is 6.42 Å². The number of nitrogens with zero attached hydrogens (tertiary/aromatic N) is 2. The second-order valence-corrected chi connectivity index (χ2v) is 2.72. The molecule has 1 aromatic rings. The first-order chi connectivity index (χ1) is 5.40. The third-order valence-corrected chi connectivity index (χ3v) is 1.76. The fourth-order valence-electron chi connectivity index (χ4n) is 0.992. The highest BCUT2D eigenvalue weighted by Crippen LogP contribution is 2.37. The van der Waals surface area contributed by atoms with E-state index < -0.39 is 0 Å². The first-order valence-corrected chi connectivity index (χ1v) is 3.69. The van der Waals surface area contributed by atoms with E-state index in [-0.39, 0.29) is 0 Å². The van der Waals surface area contributed by atoms with Gasteiger partial charge in [-0.2, -0.15) is 0 Å². The molecular formula is C9H8N2. The minimum absolute atomic E-state index is 0.586. The Morgan fingerprint density at radius 1 is 1.55 bits per heavy atom. The Bertz CT molecular complexity index is 308. The molecule has 1 aliphatic rings. The molecule has 0 atom stereocenters. The third-order valence-electron chi connectivity index (χ3n) is 1.76. The van der Waals surface area contributed by atoms with Gasteiger partial charge in [-0.1, -0.05) is 5.92 Å². The molecule has 0 aromatic carbocycles. The fourth-order valence-corrected chi connectivity index (χ4v) is 0.992. The van der Waals surface area contributed by atoms with Crippen molar-refractivity contribution in [1.29, 1.82) is 0 Å². The van der Waals surface area contributed by atoms with Gasteiger partial charge < -0.3 is 0 Å². The van der Waals surface area contributed by atoms with Crippen molar-refractivity contribution in [3.05, 3.63) is 23.8 Å². The van der Waals surface area contributed by atoms with Crippen molar-refractivity contribution in [2.24, 2.45) is 0 Å². The summed E-state index contributed by atoms with van der Waals surface area (Å²) in [7, 11) is 0. The highest BCUT2D eigenvalue weighted by molar-refractivity contribution is 5.24. The molecule has 0 bridgehead atoms.